The van der Waals surface area contributed by atoms with E-state index in [2.05, 4.69) is 36.2 Å². The Bertz CT molecular complexity index is 931. The molecule has 2 aromatic heterocycles. The Morgan fingerprint density at radius 2 is 2.04 bits per heavy atom. The summed E-state index contributed by atoms with van der Waals surface area (Å²) in [6.45, 7) is 0. The van der Waals surface area contributed by atoms with Gasteiger partial charge in [0, 0.05) is 39.4 Å². The van der Waals surface area contributed by atoms with Gasteiger partial charge in [0.25, 0.3) is 0 Å². The first kappa shape index (κ1) is 16.4. The zero-order valence-corrected chi connectivity index (χ0v) is 14.6. The quantitative estimate of drug-likeness (QED) is 0.609. The van der Waals surface area contributed by atoms with Crippen LogP contribution in [0.5, 0.6) is 0 Å². The highest BCUT2D eigenvalue weighted by atomic mass is 79.9. The molecule has 25 heavy (non-hydrogen) atoms. The molecular weight excluding hydrogens is 397 g/mol. The van der Waals surface area contributed by atoms with Crippen LogP contribution in [0.25, 0.3) is 22.2 Å². The average molecular weight is 411 g/mol. The zero-order valence-electron chi connectivity index (χ0n) is 13.0. The minimum absolute atomic E-state index is 0.113. The Hall–Kier alpha value is -2.09. The Labute approximate surface area is 150 Å². The number of rotatable bonds is 3. The van der Waals surface area contributed by atoms with E-state index in [1.54, 1.807) is 18.3 Å². The molecule has 2 heterocycles. The molecule has 2 N–H and O–H groups in total. The van der Waals surface area contributed by atoms with E-state index in [1.807, 2.05) is 6.07 Å². The third kappa shape index (κ3) is 3.10. The number of H-pyrrole nitrogens is 1. The molecule has 3 aromatic rings. The summed E-state index contributed by atoms with van der Waals surface area (Å²) in [5, 5.41) is 3.79. The molecule has 0 aliphatic heterocycles. The number of nitrogens with one attached hydrogen (secondary N) is 2. The van der Waals surface area contributed by atoms with Crippen molar-refractivity contribution in [1.29, 1.82) is 0 Å². The average Bonchev–Trinajstić information content (AvgIpc) is 2.92. The van der Waals surface area contributed by atoms with Crippen LogP contribution >= 0.6 is 15.9 Å². The van der Waals surface area contributed by atoms with Gasteiger partial charge in [-0.15, -0.1) is 0 Å². The van der Waals surface area contributed by atoms with E-state index in [1.165, 1.54) is 0 Å². The third-order valence-corrected chi connectivity index (χ3v) is 4.92. The highest BCUT2D eigenvalue weighted by Gasteiger charge is 2.36. The predicted octanol–water partition coefficient (Wildman–Crippen LogP) is 5.37. The molecule has 0 bridgehead atoms. The van der Waals surface area contributed by atoms with Crippen molar-refractivity contribution in [3.8, 4) is 11.3 Å². The number of aromatic amines is 1. The Morgan fingerprint density at radius 1 is 1.24 bits per heavy atom. The maximum absolute atomic E-state index is 13.5. The second-order valence-corrected chi connectivity index (χ2v) is 7.03. The Balaban J connectivity index is 1.85. The minimum Gasteiger partial charge on any atom is -0.360 e. The minimum atomic E-state index is -4.52. The summed E-state index contributed by atoms with van der Waals surface area (Å²) in [5.41, 5.74) is 0.201. The summed E-state index contributed by atoms with van der Waals surface area (Å²) < 4.78 is 41.2. The second kappa shape index (κ2) is 6.01. The molecule has 0 spiro atoms. The van der Waals surface area contributed by atoms with Crippen molar-refractivity contribution in [2.75, 3.05) is 5.32 Å². The standard InChI is InChI=1S/C17H14BrF3N4/c18-9-4-5-11-12(7-22-14(11)6-9)15-13(17(19,20)21)8-23-16(25-15)24-10-2-1-3-10/h4-8,10,22H,1-3H2,(H,23,24,25). The maximum Gasteiger partial charge on any atom is 0.419 e. The molecule has 1 aliphatic carbocycles. The van der Waals surface area contributed by atoms with Crippen molar-refractivity contribution in [1.82, 2.24) is 15.0 Å². The number of fused-ring (bicyclic) bond motifs is 1. The normalized spacial score (nSPS) is 15.4. The fraction of sp³-hybridized carbons (Fsp3) is 0.294. The summed E-state index contributed by atoms with van der Waals surface area (Å²) in [4.78, 5) is 11.1. The maximum atomic E-state index is 13.5. The number of halogens is 4. The molecule has 1 aromatic carbocycles. The van der Waals surface area contributed by atoms with Crippen molar-refractivity contribution in [3.05, 3.63) is 40.6 Å². The molecule has 130 valence electrons. The Morgan fingerprint density at radius 3 is 2.72 bits per heavy atom. The molecule has 4 nitrogen and oxygen atoms in total. The van der Waals surface area contributed by atoms with E-state index in [4.69, 9.17) is 0 Å². The van der Waals surface area contributed by atoms with Gasteiger partial charge in [0.05, 0.1) is 5.69 Å². The van der Waals surface area contributed by atoms with E-state index >= 15 is 0 Å². The van der Waals surface area contributed by atoms with Crippen LogP contribution in [-0.2, 0) is 6.18 Å². The molecule has 0 amide bonds. The highest BCUT2D eigenvalue weighted by molar-refractivity contribution is 9.10. The molecule has 0 unspecified atom stereocenters. The van der Waals surface area contributed by atoms with Crippen LogP contribution in [0.4, 0.5) is 19.1 Å². The summed E-state index contributed by atoms with van der Waals surface area (Å²) in [6, 6.07) is 5.62. The zero-order chi connectivity index (χ0) is 17.6. The first-order valence-electron chi connectivity index (χ1n) is 7.89. The largest absolute Gasteiger partial charge is 0.419 e. The fourth-order valence-electron chi connectivity index (χ4n) is 2.89. The van der Waals surface area contributed by atoms with Gasteiger partial charge in [0.15, 0.2) is 0 Å². The van der Waals surface area contributed by atoms with E-state index < -0.39 is 11.7 Å². The summed E-state index contributed by atoms with van der Waals surface area (Å²) in [6.07, 6.45) is 0.982. The summed E-state index contributed by atoms with van der Waals surface area (Å²) in [7, 11) is 0. The van der Waals surface area contributed by atoms with E-state index in [0.29, 0.717) is 10.9 Å². The lowest BCUT2D eigenvalue weighted by Gasteiger charge is -2.26. The number of hydrogen-bond acceptors (Lipinski definition) is 3. The van der Waals surface area contributed by atoms with Crippen molar-refractivity contribution in [2.45, 2.75) is 31.5 Å². The number of nitrogens with zero attached hydrogens (tertiary/aromatic N) is 2. The van der Waals surface area contributed by atoms with Gasteiger partial charge < -0.3 is 10.3 Å². The third-order valence-electron chi connectivity index (χ3n) is 4.43. The van der Waals surface area contributed by atoms with Gasteiger partial charge in [-0.05, 0) is 31.4 Å². The first-order valence-corrected chi connectivity index (χ1v) is 8.69. The van der Waals surface area contributed by atoms with E-state index in [0.717, 1.165) is 35.4 Å². The highest BCUT2D eigenvalue weighted by Crippen LogP contribution is 2.39. The Kier molecular flexibility index (Phi) is 3.94. The number of benzene rings is 1. The molecule has 0 saturated heterocycles. The molecule has 4 rings (SSSR count). The molecule has 1 aliphatic rings. The lowest BCUT2D eigenvalue weighted by molar-refractivity contribution is -0.137. The number of aromatic nitrogens is 3. The second-order valence-electron chi connectivity index (χ2n) is 6.12. The smallest absolute Gasteiger partial charge is 0.360 e. The predicted molar refractivity (Wildman–Crippen MR) is 93.3 cm³/mol. The summed E-state index contributed by atoms with van der Waals surface area (Å²) in [5.74, 6) is 0.235. The van der Waals surface area contributed by atoms with Gasteiger partial charge in [-0.3, -0.25) is 0 Å². The van der Waals surface area contributed by atoms with Crippen molar-refractivity contribution < 1.29 is 13.2 Å². The van der Waals surface area contributed by atoms with Crippen LogP contribution < -0.4 is 5.32 Å². The van der Waals surface area contributed by atoms with Crippen LogP contribution in [-0.4, -0.2) is 21.0 Å². The van der Waals surface area contributed by atoms with Crippen molar-refractivity contribution in [3.63, 3.8) is 0 Å². The molecule has 1 saturated carbocycles. The van der Waals surface area contributed by atoms with Gasteiger partial charge in [-0.2, -0.15) is 13.2 Å². The van der Waals surface area contributed by atoms with Gasteiger partial charge in [-0.1, -0.05) is 22.0 Å². The van der Waals surface area contributed by atoms with Crippen molar-refractivity contribution >= 4 is 32.8 Å². The lowest BCUT2D eigenvalue weighted by atomic mass is 9.93. The molecular formula is C17H14BrF3N4. The first-order chi connectivity index (χ1) is 11.9. The SMILES string of the molecule is FC(F)(F)c1cnc(NC2CCC2)nc1-c1c[nH]c2cc(Br)ccc12. The summed E-state index contributed by atoms with van der Waals surface area (Å²) >= 11 is 3.36. The van der Waals surface area contributed by atoms with Crippen LogP contribution in [0.15, 0.2) is 35.1 Å². The molecule has 0 radical (unpaired) electrons. The van der Waals surface area contributed by atoms with Gasteiger partial charge in [0.2, 0.25) is 5.95 Å². The van der Waals surface area contributed by atoms with Gasteiger partial charge in [0.1, 0.15) is 5.56 Å². The molecule has 8 heteroatoms. The fourth-order valence-corrected chi connectivity index (χ4v) is 3.25. The topological polar surface area (TPSA) is 53.6 Å². The van der Waals surface area contributed by atoms with Crippen LogP contribution in [0.2, 0.25) is 0 Å². The van der Waals surface area contributed by atoms with Gasteiger partial charge >= 0.3 is 6.18 Å². The van der Waals surface area contributed by atoms with E-state index in [9.17, 15) is 13.2 Å². The van der Waals surface area contributed by atoms with Crippen molar-refractivity contribution in [2.24, 2.45) is 0 Å². The lowest BCUT2D eigenvalue weighted by Crippen LogP contribution is -2.28. The number of hydrogen-bond donors (Lipinski definition) is 2. The van der Waals surface area contributed by atoms with Crippen LogP contribution in [0, 0.1) is 0 Å². The van der Waals surface area contributed by atoms with E-state index in [-0.39, 0.29) is 17.7 Å². The molecule has 1 fully saturated rings. The monoisotopic (exact) mass is 410 g/mol. The number of alkyl halides is 3. The van der Waals surface area contributed by atoms with Crippen LogP contribution in [0.3, 0.4) is 0 Å². The van der Waals surface area contributed by atoms with Gasteiger partial charge in [-0.25, -0.2) is 9.97 Å². The number of anilines is 1. The molecule has 0 atom stereocenters. The van der Waals surface area contributed by atoms with Crippen LogP contribution in [0.1, 0.15) is 24.8 Å².